The number of guanidine groups is 1. The first-order valence-corrected chi connectivity index (χ1v) is 9.59. The van der Waals surface area contributed by atoms with Crippen molar-refractivity contribution in [2.45, 2.75) is 39.0 Å². The summed E-state index contributed by atoms with van der Waals surface area (Å²) >= 11 is 0. The Hall–Kier alpha value is -0.860. The summed E-state index contributed by atoms with van der Waals surface area (Å²) in [7, 11) is 0. The van der Waals surface area contributed by atoms with Crippen LogP contribution in [0.15, 0.2) is 29.3 Å². The lowest BCUT2D eigenvalue weighted by Crippen LogP contribution is -2.46. The summed E-state index contributed by atoms with van der Waals surface area (Å²) in [5, 5.41) is 3.24. The third kappa shape index (κ3) is 6.39. The van der Waals surface area contributed by atoms with E-state index >= 15 is 0 Å². The fourth-order valence-electron chi connectivity index (χ4n) is 4.06. The smallest absolute Gasteiger partial charge is 0.193 e. The van der Waals surface area contributed by atoms with Gasteiger partial charge in [0.25, 0.3) is 0 Å². The van der Waals surface area contributed by atoms with E-state index in [1.165, 1.54) is 37.7 Å². The van der Waals surface area contributed by atoms with Crippen molar-refractivity contribution in [3.8, 4) is 0 Å². The molecule has 3 N–H and O–H groups in total. The number of hydrogen-bond acceptors (Lipinski definition) is 3. The number of halogens is 1. The predicted molar refractivity (Wildman–Crippen MR) is 119 cm³/mol. The Morgan fingerprint density at radius 1 is 1.23 bits per heavy atom. The summed E-state index contributed by atoms with van der Waals surface area (Å²) in [6.45, 7) is 7.82. The topological polar surface area (TPSA) is 62.9 Å². The number of benzene rings is 1. The minimum atomic E-state index is 0. The molecule has 0 atom stereocenters. The van der Waals surface area contributed by atoms with Gasteiger partial charge in [-0.25, -0.2) is 0 Å². The second-order valence-corrected chi connectivity index (χ2v) is 7.65. The number of hydrogen-bond donors (Lipinski definition) is 2. The van der Waals surface area contributed by atoms with Crippen molar-refractivity contribution in [2.75, 3.05) is 44.7 Å². The zero-order chi connectivity index (χ0) is 17.5. The maximum absolute atomic E-state index is 6.17. The minimum absolute atomic E-state index is 0. The Morgan fingerprint density at radius 3 is 2.65 bits per heavy atom. The second-order valence-electron chi connectivity index (χ2n) is 7.65. The number of aliphatic imine (C=N–C) groups is 1. The average molecular weight is 472 g/mol. The molecule has 1 aromatic rings. The van der Waals surface area contributed by atoms with Crippen molar-refractivity contribution in [1.29, 1.82) is 0 Å². The van der Waals surface area contributed by atoms with Gasteiger partial charge in [0, 0.05) is 37.3 Å². The van der Waals surface area contributed by atoms with Crippen molar-refractivity contribution in [3.05, 3.63) is 29.8 Å². The summed E-state index contributed by atoms with van der Waals surface area (Å²) in [6.07, 6.45) is 6.49. The van der Waals surface area contributed by atoms with Gasteiger partial charge in [-0.3, -0.25) is 9.89 Å². The van der Waals surface area contributed by atoms with Crippen LogP contribution in [-0.2, 0) is 4.74 Å². The Labute approximate surface area is 174 Å². The van der Waals surface area contributed by atoms with Crippen molar-refractivity contribution < 1.29 is 4.74 Å². The van der Waals surface area contributed by atoms with Gasteiger partial charge in [-0.1, -0.05) is 31.4 Å². The van der Waals surface area contributed by atoms with Gasteiger partial charge in [0.2, 0.25) is 0 Å². The van der Waals surface area contributed by atoms with E-state index in [1.807, 2.05) is 12.1 Å². The minimum Gasteiger partial charge on any atom is -0.379 e. The van der Waals surface area contributed by atoms with Gasteiger partial charge in [-0.2, -0.15) is 0 Å². The molecule has 1 aliphatic heterocycles. The molecule has 0 spiro atoms. The first-order valence-electron chi connectivity index (χ1n) is 9.59. The van der Waals surface area contributed by atoms with Gasteiger partial charge in [0.05, 0.1) is 13.2 Å². The molecule has 5 nitrogen and oxygen atoms in total. The number of morpholine rings is 1. The molecule has 1 saturated carbocycles. The normalized spacial score (nSPS) is 21.0. The molecule has 0 bridgehead atoms. The van der Waals surface area contributed by atoms with Gasteiger partial charge in [-0.15, -0.1) is 24.0 Å². The highest BCUT2D eigenvalue weighted by Crippen LogP contribution is 2.37. The zero-order valence-electron chi connectivity index (χ0n) is 15.9. The molecule has 26 heavy (non-hydrogen) atoms. The number of nitrogens with one attached hydrogen (secondary N) is 1. The van der Waals surface area contributed by atoms with Gasteiger partial charge in [0.15, 0.2) is 5.96 Å². The maximum Gasteiger partial charge on any atom is 0.193 e. The van der Waals surface area contributed by atoms with Crippen LogP contribution in [0.4, 0.5) is 5.69 Å². The predicted octanol–water partition coefficient (Wildman–Crippen LogP) is 3.62. The quantitative estimate of drug-likeness (QED) is 0.391. The van der Waals surface area contributed by atoms with Crippen LogP contribution >= 0.6 is 24.0 Å². The molecular formula is C20H33IN4O. The molecule has 3 rings (SSSR count). The molecule has 0 aromatic heterocycles. The molecule has 0 radical (unpaired) electrons. The van der Waals surface area contributed by atoms with E-state index in [-0.39, 0.29) is 29.4 Å². The van der Waals surface area contributed by atoms with E-state index < -0.39 is 0 Å². The first kappa shape index (κ1) is 21.4. The fraction of sp³-hybridized carbons (Fsp3) is 0.650. The lowest BCUT2D eigenvalue weighted by atomic mass is 9.73. The van der Waals surface area contributed by atoms with E-state index in [0.717, 1.165) is 45.1 Å². The monoisotopic (exact) mass is 472 g/mol. The third-order valence-electron chi connectivity index (χ3n) is 5.45. The van der Waals surface area contributed by atoms with Crippen molar-refractivity contribution in [3.63, 3.8) is 0 Å². The highest BCUT2D eigenvalue weighted by molar-refractivity contribution is 14.0. The number of anilines is 1. The Bertz CT molecular complexity index is 581. The number of nitrogens with two attached hydrogens (primary N) is 1. The molecule has 6 heteroatoms. The molecule has 2 fully saturated rings. The summed E-state index contributed by atoms with van der Waals surface area (Å²) < 4.78 is 5.50. The number of rotatable bonds is 5. The molecule has 1 heterocycles. The summed E-state index contributed by atoms with van der Waals surface area (Å²) in [5.41, 5.74) is 8.67. The zero-order valence-corrected chi connectivity index (χ0v) is 18.2. The van der Waals surface area contributed by atoms with Crippen LogP contribution in [0.2, 0.25) is 0 Å². The highest BCUT2D eigenvalue weighted by Gasteiger charge is 2.34. The summed E-state index contributed by atoms with van der Waals surface area (Å²) in [5.74, 6) is 0.525. The summed E-state index contributed by atoms with van der Waals surface area (Å²) in [6, 6.07) is 8.23. The Balaban J connectivity index is 0.00000243. The van der Waals surface area contributed by atoms with Crippen molar-refractivity contribution >= 4 is 35.6 Å². The number of aryl methyl sites for hydroxylation is 1. The Kier molecular flexibility index (Phi) is 8.63. The third-order valence-corrected chi connectivity index (χ3v) is 5.45. The molecular weight excluding hydrogens is 439 g/mol. The van der Waals surface area contributed by atoms with E-state index in [9.17, 15) is 0 Å². The largest absolute Gasteiger partial charge is 0.379 e. The molecule has 2 aliphatic rings. The molecule has 1 saturated heterocycles. The van der Waals surface area contributed by atoms with Crippen LogP contribution in [0.3, 0.4) is 0 Å². The van der Waals surface area contributed by atoms with Gasteiger partial charge < -0.3 is 15.8 Å². The maximum atomic E-state index is 6.17. The van der Waals surface area contributed by atoms with E-state index in [1.54, 1.807) is 0 Å². The highest BCUT2D eigenvalue weighted by atomic mass is 127. The number of ether oxygens (including phenoxy) is 1. The van der Waals surface area contributed by atoms with Crippen molar-refractivity contribution in [2.24, 2.45) is 16.1 Å². The van der Waals surface area contributed by atoms with Gasteiger partial charge >= 0.3 is 0 Å². The van der Waals surface area contributed by atoms with Crippen LogP contribution in [-0.4, -0.2) is 50.3 Å². The van der Waals surface area contributed by atoms with Crippen molar-refractivity contribution in [1.82, 2.24) is 4.90 Å². The van der Waals surface area contributed by atoms with E-state index in [0.29, 0.717) is 5.96 Å². The Morgan fingerprint density at radius 2 is 1.96 bits per heavy atom. The fourth-order valence-corrected chi connectivity index (χ4v) is 4.06. The van der Waals surface area contributed by atoms with Crippen LogP contribution in [0, 0.1) is 12.3 Å². The van der Waals surface area contributed by atoms with Crippen LogP contribution in [0.5, 0.6) is 0 Å². The number of nitrogens with zero attached hydrogens (tertiary/aromatic N) is 2. The molecule has 146 valence electrons. The average Bonchev–Trinajstić information content (AvgIpc) is 2.62. The van der Waals surface area contributed by atoms with Crippen LogP contribution in [0.25, 0.3) is 0 Å². The molecule has 0 unspecified atom stereocenters. The molecule has 1 aromatic carbocycles. The second kappa shape index (κ2) is 10.5. The molecule has 1 aliphatic carbocycles. The lowest BCUT2D eigenvalue weighted by Gasteiger charge is -2.41. The first-order chi connectivity index (χ1) is 12.2. The molecule has 0 amide bonds. The van der Waals surface area contributed by atoms with Gasteiger partial charge in [0.1, 0.15) is 0 Å². The van der Waals surface area contributed by atoms with Crippen LogP contribution in [0.1, 0.15) is 37.7 Å². The standard InChI is InChI=1S/C20H32N4O.HI/c1-17-6-5-7-18(14-17)23-19(21)22-15-20(8-3-2-4-9-20)16-24-10-12-25-13-11-24;/h5-7,14H,2-4,8-13,15-16H2,1H3,(H3,21,22,23);1H. The SMILES string of the molecule is Cc1cccc(NC(N)=NCC2(CN3CCOCC3)CCCCC2)c1.I. The van der Waals surface area contributed by atoms with E-state index in [2.05, 4.69) is 29.3 Å². The van der Waals surface area contributed by atoms with Crippen LogP contribution < -0.4 is 11.1 Å². The van der Waals surface area contributed by atoms with E-state index in [4.69, 9.17) is 15.5 Å². The summed E-state index contributed by atoms with van der Waals surface area (Å²) in [4.78, 5) is 7.29. The van der Waals surface area contributed by atoms with Gasteiger partial charge in [-0.05, 0) is 37.5 Å². The lowest BCUT2D eigenvalue weighted by molar-refractivity contribution is 0.00940.